The average Bonchev–Trinajstić information content (AvgIpc) is 3.58. The first-order valence-electron chi connectivity index (χ1n) is 12.3. The Labute approximate surface area is 219 Å². The number of thiazole rings is 1. The van der Waals surface area contributed by atoms with E-state index in [-0.39, 0.29) is 33.2 Å². The molecule has 14 heteroatoms. The maximum atomic E-state index is 14.1. The minimum absolute atomic E-state index is 0.0103. The highest BCUT2D eigenvalue weighted by Crippen LogP contribution is 2.39. The lowest BCUT2D eigenvalue weighted by Crippen LogP contribution is -2.35. The fourth-order valence-corrected chi connectivity index (χ4v) is 5.67. The van der Waals surface area contributed by atoms with Gasteiger partial charge < -0.3 is 20.6 Å². The van der Waals surface area contributed by atoms with Gasteiger partial charge in [0.15, 0.2) is 5.01 Å². The molecular weight excluding hydrogens is 533 g/mol. The number of aliphatic hydroxyl groups is 1. The van der Waals surface area contributed by atoms with E-state index in [0.29, 0.717) is 25.8 Å². The van der Waals surface area contributed by atoms with Crippen molar-refractivity contribution in [3.63, 3.8) is 0 Å². The van der Waals surface area contributed by atoms with E-state index in [4.69, 9.17) is 0 Å². The van der Waals surface area contributed by atoms with Crippen molar-refractivity contribution in [2.75, 3.05) is 11.9 Å². The van der Waals surface area contributed by atoms with E-state index in [1.165, 1.54) is 0 Å². The zero-order valence-corrected chi connectivity index (χ0v) is 21.5. The Hall–Kier alpha value is -2.87. The number of carbonyl (C=O) groups is 2. The summed E-state index contributed by atoms with van der Waals surface area (Å²) in [7, 11) is 0. The molecule has 2 aliphatic rings. The minimum Gasteiger partial charge on any atom is -0.393 e. The van der Waals surface area contributed by atoms with Crippen molar-refractivity contribution in [1.82, 2.24) is 20.2 Å². The molecule has 4 rings (SSSR count). The Morgan fingerprint density at radius 1 is 1.24 bits per heavy atom. The molecule has 1 aliphatic heterocycles. The molecule has 0 radical (unpaired) electrons. The Morgan fingerprint density at radius 2 is 1.97 bits per heavy atom. The molecule has 3 N–H and O–H groups in total. The number of hydrogen-bond acceptors (Lipinski definition) is 7. The van der Waals surface area contributed by atoms with Crippen LogP contribution in [0.25, 0.3) is 10.4 Å². The van der Waals surface area contributed by atoms with Gasteiger partial charge in [0.05, 0.1) is 11.0 Å². The van der Waals surface area contributed by atoms with Crippen molar-refractivity contribution in [3.05, 3.63) is 28.5 Å². The predicted octanol–water partition coefficient (Wildman–Crippen LogP) is 4.77. The summed E-state index contributed by atoms with van der Waals surface area (Å²) in [5, 5.41) is 14.5. The van der Waals surface area contributed by atoms with E-state index < -0.39 is 47.9 Å². The third-order valence-electron chi connectivity index (χ3n) is 6.85. The van der Waals surface area contributed by atoms with Gasteiger partial charge >= 0.3 is 6.18 Å². The number of aliphatic hydroxyl groups excluding tert-OH is 1. The number of carbonyl (C=O) groups excluding carboxylic acids is 2. The van der Waals surface area contributed by atoms with E-state index >= 15 is 0 Å². The van der Waals surface area contributed by atoms with E-state index in [2.05, 4.69) is 20.6 Å². The zero-order valence-electron chi connectivity index (χ0n) is 20.7. The normalized spacial score (nSPS) is 22.7. The second-order valence-electron chi connectivity index (χ2n) is 9.69. The maximum Gasteiger partial charge on any atom is 0.408 e. The summed E-state index contributed by atoms with van der Waals surface area (Å²) in [5.74, 6) is -1.53. The van der Waals surface area contributed by atoms with E-state index in [1.54, 1.807) is 4.90 Å². The number of anilines is 1. The van der Waals surface area contributed by atoms with Crippen LogP contribution in [0, 0.1) is 0 Å². The fourth-order valence-electron chi connectivity index (χ4n) is 4.68. The zero-order chi connectivity index (χ0) is 27.8. The van der Waals surface area contributed by atoms with E-state index in [9.17, 15) is 36.6 Å². The van der Waals surface area contributed by atoms with Crippen LogP contribution in [-0.2, 0) is 0 Å². The first-order valence-corrected chi connectivity index (χ1v) is 13.1. The molecule has 2 aromatic heterocycles. The molecule has 2 aromatic rings. The van der Waals surface area contributed by atoms with Crippen LogP contribution in [0.2, 0.25) is 0 Å². The molecule has 2 unspecified atom stereocenters. The molecule has 0 bridgehead atoms. The quantitative estimate of drug-likeness (QED) is 0.421. The summed E-state index contributed by atoms with van der Waals surface area (Å²) in [4.78, 5) is 36.1. The second-order valence-corrected chi connectivity index (χ2v) is 10.7. The highest BCUT2D eigenvalue weighted by molar-refractivity contribution is 7.17. The first-order chi connectivity index (χ1) is 17.8. The number of aromatic nitrogens is 2. The summed E-state index contributed by atoms with van der Waals surface area (Å²) in [5.41, 5.74) is -1.02. The van der Waals surface area contributed by atoms with Gasteiger partial charge in [-0.05, 0) is 52.0 Å². The molecule has 2 fully saturated rings. The Morgan fingerprint density at radius 3 is 2.55 bits per heavy atom. The Bertz CT molecular complexity index is 1190. The van der Waals surface area contributed by atoms with Gasteiger partial charge in [-0.25, -0.2) is 18.7 Å². The minimum atomic E-state index is -4.62. The van der Waals surface area contributed by atoms with Crippen molar-refractivity contribution in [3.8, 4) is 10.4 Å². The summed E-state index contributed by atoms with van der Waals surface area (Å²) < 4.78 is 67.2. The number of rotatable bonds is 7. The number of nitrogens with zero attached hydrogens (tertiary/aromatic N) is 3. The van der Waals surface area contributed by atoms with Crippen molar-refractivity contribution in [2.45, 2.75) is 82.8 Å². The molecule has 4 atom stereocenters. The van der Waals surface area contributed by atoms with Crippen LogP contribution < -0.4 is 10.6 Å². The van der Waals surface area contributed by atoms with Gasteiger partial charge in [-0.1, -0.05) is 0 Å². The number of nitrogens with one attached hydrogen (secondary N) is 2. The largest absolute Gasteiger partial charge is 0.408 e. The predicted molar refractivity (Wildman–Crippen MR) is 130 cm³/mol. The molecular formula is C24H28F5N5O3S. The highest BCUT2D eigenvalue weighted by Gasteiger charge is 2.37. The number of alkyl halides is 5. The van der Waals surface area contributed by atoms with E-state index in [1.807, 2.05) is 6.92 Å². The van der Waals surface area contributed by atoms with Gasteiger partial charge in [0, 0.05) is 36.0 Å². The molecule has 1 aliphatic carbocycles. The lowest BCUT2D eigenvalue weighted by Gasteiger charge is -2.21. The molecule has 8 nitrogen and oxygen atoms in total. The van der Waals surface area contributed by atoms with Crippen molar-refractivity contribution in [2.24, 2.45) is 0 Å². The molecule has 38 heavy (non-hydrogen) atoms. The third kappa shape index (κ3) is 6.06. The van der Waals surface area contributed by atoms with Gasteiger partial charge in [-0.15, -0.1) is 11.3 Å². The number of pyridine rings is 1. The van der Waals surface area contributed by atoms with Crippen LogP contribution in [0.15, 0.2) is 12.3 Å². The third-order valence-corrected chi connectivity index (χ3v) is 7.94. The van der Waals surface area contributed by atoms with Crippen LogP contribution in [0.4, 0.5) is 27.8 Å². The maximum absolute atomic E-state index is 14.1. The fraction of sp³-hybridized carbons (Fsp3) is 0.583. The average molecular weight is 562 g/mol. The van der Waals surface area contributed by atoms with Gasteiger partial charge in [0.25, 0.3) is 18.2 Å². The van der Waals surface area contributed by atoms with Crippen LogP contribution in [-0.4, -0.2) is 68.7 Å². The first kappa shape index (κ1) is 28.1. The summed E-state index contributed by atoms with van der Waals surface area (Å²) in [6.07, 6.45) is -4.32. The molecule has 0 aromatic carbocycles. The van der Waals surface area contributed by atoms with Crippen molar-refractivity contribution < 1.29 is 36.6 Å². The monoisotopic (exact) mass is 561 g/mol. The molecule has 1 saturated carbocycles. The number of halogens is 5. The Balaban J connectivity index is 1.73. The van der Waals surface area contributed by atoms with Gasteiger partial charge in [0.1, 0.15) is 17.6 Å². The summed E-state index contributed by atoms with van der Waals surface area (Å²) in [6.45, 7) is 3.13. The Kier molecular flexibility index (Phi) is 8.21. The van der Waals surface area contributed by atoms with Crippen LogP contribution in [0.1, 0.15) is 78.2 Å². The molecule has 2 amide bonds. The van der Waals surface area contributed by atoms with Crippen molar-refractivity contribution in [1.29, 1.82) is 0 Å². The van der Waals surface area contributed by atoms with Gasteiger partial charge in [-0.3, -0.25) is 9.59 Å². The standard InChI is InChI=1S/C24H28F5N5O3S/c1-11-4-3-7-34(11)23(37)18-19(38-22(33-18)21(36)32-13-5-6-14(35)8-13)16-10-30-17(9-15(16)20(25)26)31-12(2)24(27,28)29/h9-14,20,35H,3-8H2,1-2H3,(H,30,31)(H,32,36)/t11?,12?,13-,14-/m0/s1. The van der Waals surface area contributed by atoms with Crippen LogP contribution >= 0.6 is 11.3 Å². The molecule has 3 heterocycles. The second kappa shape index (κ2) is 11.1. The SMILES string of the molecule is CC1CCCN1C(=O)c1nc(C(=O)N[C@H]2CC[C@H](O)C2)sc1-c1cnc(NC(C)C(F)(F)F)cc1C(F)F. The topological polar surface area (TPSA) is 107 Å². The molecule has 208 valence electrons. The number of amides is 2. The summed E-state index contributed by atoms with van der Waals surface area (Å²) in [6, 6.07) is -1.62. The molecule has 0 spiro atoms. The smallest absolute Gasteiger partial charge is 0.393 e. The lowest BCUT2D eigenvalue weighted by atomic mass is 10.1. The summed E-state index contributed by atoms with van der Waals surface area (Å²) >= 11 is 0.742. The highest BCUT2D eigenvalue weighted by atomic mass is 32.1. The lowest BCUT2D eigenvalue weighted by molar-refractivity contribution is -0.138. The van der Waals surface area contributed by atoms with E-state index in [0.717, 1.165) is 43.4 Å². The number of hydrogen-bond donors (Lipinski definition) is 3. The number of likely N-dealkylation sites (tertiary alicyclic amines) is 1. The van der Waals surface area contributed by atoms with Gasteiger partial charge in [0.2, 0.25) is 0 Å². The van der Waals surface area contributed by atoms with Crippen LogP contribution in [0.3, 0.4) is 0 Å². The van der Waals surface area contributed by atoms with Gasteiger partial charge in [-0.2, -0.15) is 13.2 Å². The van der Waals surface area contributed by atoms with Crippen LogP contribution in [0.5, 0.6) is 0 Å². The molecule has 1 saturated heterocycles. The van der Waals surface area contributed by atoms with Crippen molar-refractivity contribution >= 4 is 29.0 Å².